The summed E-state index contributed by atoms with van der Waals surface area (Å²) in [6.07, 6.45) is 1.66. The number of benzene rings is 1. The van der Waals surface area contributed by atoms with Gasteiger partial charge >= 0.3 is 0 Å². The van der Waals surface area contributed by atoms with Crippen molar-refractivity contribution in [1.29, 1.82) is 0 Å². The zero-order valence-corrected chi connectivity index (χ0v) is 17.8. The first-order valence-electron chi connectivity index (χ1n) is 9.93. The molecule has 0 bridgehead atoms. The van der Waals surface area contributed by atoms with Crippen LogP contribution in [0.1, 0.15) is 13.8 Å². The number of halogens is 1. The Bertz CT molecular complexity index is 1040. The molecule has 1 aromatic heterocycles. The number of nitrogens with one attached hydrogen (secondary N) is 2. The van der Waals surface area contributed by atoms with Crippen LogP contribution < -0.4 is 9.62 Å². The minimum Gasteiger partial charge on any atom is -0.377 e. The molecule has 0 spiro atoms. The lowest BCUT2D eigenvalue weighted by Gasteiger charge is -2.39. The summed E-state index contributed by atoms with van der Waals surface area (Å²) in [5, 5.41) is 7.68. The number of rotatable bonds is 6. The normalized spacial score (nSPS) is 19.3. The van der Waals surface area contributed by atoms with Gasteiger partial charge in [0.15, 0.2) is 0 Å². The zero-order chi connectivity index (χ0) is 21.5. The molecular formula is C19H26FN5O4S. The maximum Gasteiger partial charge on any atom is 0.241 e. The highest BCUT2D eigenvalue weighted by molar-refractivity contribution is 7.89. The molecule has 11 heteroatoms. The first kappa shape index (κ1) is 21.0. The number of anilines is 1. The Hall–Kier alpha value is -2.24. The molecular weight excluding hydrogens is 413 g/mol. The molecule has 9 nitrogen and oxygen atoms in total. The van der Waals surface area contributed by atoms with E-state index in [1.165, 1.54) is 6.07 Å². The molecule has 0 saturated carbocycles. The molecule has 0 atom stereocenters. The van der Waals surface area contributed by atoms with Crippen LogP contribution in [0.4, 0.5) is 10.1 Å². The van der Waals surface area contributed by atoms with E-state index in [-0.39, 0.29) is 29.9 Å². The van der Waals surface area contributed by atoms with Crippen LogP contribution in [0.25, 0.3) is 10.9 Å². The van der Waals surface area contributed by atoms with Gasteiger partial charge in [-0.2, -0.15) is 9.82 Å². The number of alkyl halides is 1. The van der Waals surface area contributed by atoms with Crippen LogP contribution in [0.15, 0.2) is 23.2 Å². The second-order valence-electron chi connectivity index (χ2n) is 8.25. The van der Waals surface area contributed by atoms with Gasteiger partial charge in [0.05, 0.1) is 29.8 Å². The number of aromatic amines is 1. The second-order valence-corrected chi connectivity index (χ2v) is 9.94. The number of hydrogen-bond acceptors (Lipinski definition) is 6. The number of sulfonamides is 1. The minimum absolute atomic E-state index is 0.00767. The average Bonchev–Trinajstić information content (AvgIpc) is 3.18. The van der Waals surface area contributed by atoms with Gasteiger partial charge in [0.2, 0.25) is 15.9 Å². The van der Waals surface area contributed by atoms with Gasteiger partial charge in [0.25, 0.3) is 0 Å². The SMILES string of the molecule is CC(C)C(=O)N1CCN(c2cc(S(=O)(=O)NC3(CF)COC3)cc3[nH]ncc23)CC1. The van der Waals surface area contributed by atoms with Gasteiger partial charge in [0.1, 0.15) is 12.2 Å². The molecule has 2 aliphatic heterocycles. The summed E-state index contributed by atoms with van der Waals surface area (Å²) in [6.45, 7) is 5.22. The van der Waals surface area contributed by atoms with E-state index in [9.17, 15) is 17.6 Å². The van der Waals surface area contributed by atoms with Crippen molar-refractivity contribution >= 4 is 32.5 Å². The molecule has 30 heavy (non-hydrogen) atoms. The molecule has 0 unspecified atom stereocenters. The molecule has 3 heterocycles. The van der Waals surface area contributed by atoms with E-state index >= 15 is 0 Å². The van der Waals surface area contributed by atoms with Crippen molar-refractivity contribution in [2.45, 2.75) is 24.3 Å². The van der Waals surface area contributed by atoms with Crippen LogP contribution in [-0.2, 0) is 19.6 Å². The number of nitrogens with zero attached hydrogens (tertiary/aromatic N) is 3. The number of carbonyl (C=O) groups excluding carboxylic acids is 1. The Morgan fingerprint density at radius 2 is 2.00 bits per heavy atom. The Balaban J connectivity index is 1.62. The number of piperazine rings is 1. The Morgan fingerprint density at radius 1 is 1.30 bits per heavy atom. The van der Waals surface area contributed by atoms with Crippen LogP contribution in [0.5, 0.6) is 0 Å². The first-order valence-corrected chi connectivity index (χ1v) is 11.4. The summed E-state index contributed by atoms with van der Waals surface area (Å²) in [4.78, 5) is 16.2. The second kappa shape index (κ2) is 7.78. The van der Waals surface area contributed by atoms with Crippen LogP contribution in [0.3, 0.4) is 0 Å². The van der Waals surface area contributed by atoms with Gasteiger partial charge < -0.3 is 14.5 Å². The van der Waals surface area contributed by atoms with E-state index in [2.05, 4.69) is 19.8 Å². The number of fused-ring (bicyclic) bond motifs is 1. The van der Waals surface area contributed by atoms with Crippen molar-refractivity contribution in [3.63, 3.8) is 0 Å². The third-order valence-corrected chi connectivity index (χ3v) is 7.17. The summed E-state index contributed by atoms with van der Waals surface area (Å²) < 4.78 is 46.8. The van der Waals surface area contributed by atoms with Crippen LogP contribution in [0, 0.1) is 5.92 Å². The number of carbonyl (C=O) groups is 1. The molecule has 2 fully saturated rings. The Morgan fingerprint density at radius 3 is 2.57 bits per heavy atom. The fraction of sp³-hybridized carbons (Fsp3) is 0.579. The number of ether oxygens (including phenoxy) is 1. The topological polar surface area (TPSA) is 108 Å². The predicted molar refractivity (Wildman–Crippen MR) is 110 cm³/mol. The van der Waals surface area contributed by atoms with Gasteiger partial charge in [-0.05, 0) is 12.1 Å². The molecule has 1 amide bonds. The van der Waals surface area contributed by atoms with Crippen LogP contribution >= 0.6 is 0 Å². The highest BCUT2D eigenvalue weighted by atomic mass is 32.2. The van der Waals surface area contributed by atoms with Crippen molar-refractivity contribution in [3.05, 3.63) is 18.3 Å². The smallest absolute Gasteiger partial charge is 0.241 e. The number of aromatic nitrogens is 2. The first-order chi connectivity index (χ1) is 14.2. The molecule has 0 aliphatic carbocycles. The number of hydrogen-bond donors (Lipinski definition) is 2. The van der Waals surface area contributed by atoms with Crippen molar-refractivity contribution in [2.75, 3.05) is 51.0 Å². The molecule has 164 valence electrons. The quantitative estimate of drug-likeness (QED) is 0.692. The molecule has 2 aliphatic rings. The molecule has 2 saturated heterocycles. The van der Waals surface area contributed by atoms with Crippen molar-refractivity contribution < 1.29 is 22.3 Å². The monoisotopic (exact) mass is 439 g/mol. The van der Waals surface area contributed by atoms with E-state index in [0.29, 0.717) is 31.7 Å². The van der Waals surface area contributed by atoms with Crippen LogP contribution in [0.2, 0.25) is 0 Å². The summed E-state index contributed by atoms with van der Waals surface area (Å²) in [7, 11) is -3.97. The molecule has 2 aromatic rings. The predicted octanol–water partition coefficient (Wildman–Crippen LogP) is 0.884. The van der Waals surface area contributed by atoms with E-state index in [1.54, 1.807) is 12.3 Å². The maximum atomic E-state index is 13.4. The molecule has 1 aromatic carbocycles. The Kier molecular flexibility index (Phi) is 5.45. The summed E-state index contributed by atoms with van der Waals surface area (Å²) in [6, 6.07) is 3.09. The highest BCUT2D eigenvalue weighted by Crippen LogP contribution is 2.31. The van der Waals surface area contributed by atoms with Crippen molar-refractivity contribution in [2.24, 2.45) is 5.92 Å². The fourth-order valence-corrected chi connectivity index (χ4v) is 5.21. The number of H-pyrrole nitrogens is 1. The summed E-state index contributed by atoms with van der Waals surface area (Å²) in [5.74, 6) is 0.0536. The van der Waals surface area contributed by atoms with Gasteiger partial charge in [0, 0.05) is 43.2 Å². The van der Waals surface area contributed by atoms with E-state index in [1.807, 2.05) is 18.7 Å². The number of amides is 1. The zero-order valence-electron chi connectivity index (χ0n) is 17.0. The van der Waals surface area contributed by atoms with Gasteiger partial charge in [-0.3, -0.25) is 9.89 Å². The van der Waals surface area contributed by atoms with E-state index in [0.717, 1.165) is 11.1 Å². The van der Waals surface area contributed by atoms with Crippen molar-refractivity contribution in [1.82, 2.24) is 19.8 Å². The lowest BCUT2D eigenvalue weighted by molar-refractivity contribution is -0.134. The summed E-state index contributed by atoms with van der Waals surface area (Å²) >= 11 is 0. The summed E-state index contributed by atoms with van der Waals surface area (Å²) in [5.41, 5.74) is 0.0928. The third kappa shape index (κ3) is 3.77. The third-order valence-electron chi connectivity index (χ3n) is 5.61. The largest absolute Gasteiger partial charge is 0.377 e. The average molecular weight is 440 g/mol. The van der Waals surface area contributed by atoms with Gasteiger partial charge in [-0.25, -0.2) is 12.8 Å². The van der Waals surface area contributed by atoms with E-state index in [4.69, 9.17) is 4.74 Å². The highest BCUT2D eigenvalue weighted by Gasteiger charge is 2.43. The lowest BCUT2D eigenvalue weighted by atomic mass is 10.0. The minimum atomic E-state index is -3.97. The van der Waals surface area contributed by atoms with Gasteiger partial charge in [-0.15, -0.1) is 0 Å². The fourth-order valence-electron chi connectivity index (χ4n) is 3.81. The van der Waals surface area contributed by atoms with Gasteiger partial charge in [-0.1, -0.05) is 13.8 Å². The standard InChI is InChI=1S/C19H26FN5O4S/c1-13(2)18(26)25-5-3-24(4-6-25)17-8-14(7-16-15(17)9-21-22-16)30(27,28)23-19(10-20)11-29-12-19/h7-9,13,23H,3-6,10-12H2,1-2H3,(H,21,22). The molecule has 4 rings (SSSR count). The van der Waals surface area contributed by atoms with Crippen molar-refractivity contribution in [3.8, 4) is 0 Å². The molecule has 0 radical (unpaired) electrons. The maximum absolute atomic E-state index is 13.4. The van der Waals surface area contributed by atoms with E-state index < -0.39 is 22.2 Å². The molecule has 2 N–H and O–H groups in total. The Labute approximate surface area is 174 Å². The lowest BCUT2D eigenvalue weighted by Crippen LogP contribution is -2.63. The van der Waals surface area contributed by atoms with Crippen LogP contribution in [-0.4, -0.2) is 81.0 Å².